The van der Waals surface area contributed by atoms with Crippen LogP contribution in [0.4, 0.5) is 29.7 Å². The van der Waals surface area contributed by atoms with E-state index < -0.39 is 22.2 Å². The molecule has 1 aliphatic rings. The van der Waals surface area contributed by atoms with Crippen molar-refractivity contribution in [2.24, 2.45) is 4.99 Å². The molecule has 2 aromatic heterocycles. The van der Waals surface area contributed by atoms with Crippen molar-refractivity contribution in [3.05, 3.63) is 47.8 Å². The lowest BCUT2D eigenvalue weighted by atomic mass is 10.1. The van der Waals surface area contributed by atoms with Crippen molar-refractivity contribution in [2.75, 3.05) is 16.3 Å². The molecule has 3 heterocycles. The lowest BCUT2D eigenvalue weighted by Gasteiger charge is -2.04. The van der Waals surface area contributed by atoms with E-state index in [1.807, 2.05) is 24.4 Å². The minimum Gasteiger partial charge on any atom is -0.475 e. The van der Waals surface area contributed by atoms with E-state index in [0.29, 0.717) is 21.4 Å². The van der Waals surface area contributed by atoms with Crippen molar-refractivity contribution in [1.82, 2.24) is 15.2 Å². The molecule has 33 heavy (non-hydrogen) atoms. The zero-order valence-electron chi connectivity index (χ0n) is 16.7. The van der Waals surface area contributed by atoms with Gasteiger partial charge in [-0.3, -0.25) is 14.7 Å². The van der Waals surface area contributed by atoms with Crippen molar-refractivity contribution in [3.63, 3.8) is 0 Å². The summed E-state index contributed by atoms with van der Waals surface area (Å²) in [5.74, 6) is -2.76. The summed E-state index contributed by atoms with van der Waals surface area (Å²) in [5.41, 5.74) is 4.28. The zero-order chi connectivity index (χ0) is 24.2. The van der Waals surface area contributed by atoms with Crippen LogP contribution >= 0.6 is 11.3 Å². The molecule has 174 valence electrons. The van der Waals surface area contributed by atoms with Gasteiger partial charge < -0.3 is 10.4 Å². The number of rotatable bonds is 5. The highest BCUT2D eigenvalue weighted by Crippen LogP contribution is 2.30. The minimum atomic E-state index is -5.08. The zero-order valence-corrected chi connectivity index (χ0v) is 18.3. The Balaban J connectivity index is 0.000000383. The maximum absolute atomic E-state index is 11.4. The molecule has 15 heteroatoms. The van der Waals surface area contributed by atoms with Crippen molar-refractivity contribution in [2.45, 2.75) is 12.7 Å². The number of sulfonamides is 1. The molecule has 3 N–H and O–H groups in total. The summed E-state index contributed by atoms with van der Waals surface area (Å²) >= 11 is 1.36. The Kier molecular flexibility index (Phi) is 6.92. The molecule has 1 aromatic carbocycles. The van der Waals surface area contributed by atoms with Crippen LogP contribution in [0.2, 0.25) is 0 Å². The summed E-state index contributed by atoms with van der Waals surface area (Å²) in [4.78, 5) is 17.2. The minimum absolute atomic E-state index is 0.382. The molecule has 0 unspecified atom stereocenters. The predicted octanol–water partition coefficient (Wildman–Crippen LogP) is 3.28. The lowest BCUT2D eigenvalue weighted by molar-refractivity contribution is -0.192. The number of hydrogen-bond donors (Lipinski definition) is 3. The first-order valence-electron chi connectivity index (χ1n) is 8.87. The highest BCUT2D eigenvalue weighted by molar-refractivity contribution is 7.92. The van der Waals surface area contributed by atoms with Crippen LogP contribution in [0.15, 0.2) is 41.7 Å². The molecule has 0 bridgehead atoms. The van der Waals surface area contributed by atoms with Crippen LogP contribution in [0, 0.1) is 0 Å². The van der Waals surface area contributed by atoms with E-state index in [4.69, 9.17) is 9.90 Å². The fourth-order valence-corrected chi connectivity index (χ4v) is 3.80. The number of nitrogens with zero attached hydrogens (tertiary/aromatic N) is 4. The van der Waals surface area contributed by atoms with Gasteiger partial charge in [0.1, 0.15) is 0 Å². The van der Waals surface area contributed by atoms with Crippen LogP contribution in [-0.4, -0.2) is 53.3 Å². The first-order valence-corrected chi connectivity index (χ1v) is 11.6. The molecule has 0 spiro atoms. The first kappa shape index (κ1) is 24.1. The maximum atomic E-state index is 11.4. The van der Waals surface area contributed by atoms with E-state index in [9.17, 15) is 21.6 Å². The summed E-state index contributed by atoms with van der Waals surface area (Å²) < 4.78 is 56.8. The number of carboxylic acid groups (broad SMARTS) is 1. The molecule has 10 nitrogen and oxygen atoms in total. The molecular weight excluding hydrogens is 485 g/mol. The van der Waals surface area contributed by atoms with Gasteiger partial charge >= 0.3 is 12.1 Å². The Hall–Kier alpha value is -3.59. The van der Waals surface area contributed by atoms with Gasteiger partial charge in [-0.15, -0.1) is 10.2 Å². The smallest absolute Gasteiger partial charge is 0.475 e. The largest absolute Gasteiger partial charge is 0.490 e. The van der Waals surface area contributed by atoms with E-state index in [1.54, 1.807) is 12.3 Å². The maximum Gasteiger partial charge on any atom is 0.490 e. The number of pyridine rings is 1. The second-order valence-electron chi connectivity index (χ2n) is 6.56. The van der Waals surface area contributed by atoms with Gasteiger partial charge in [-0.1, -0.05) is 17.4 Å². The second-order valence-corrected chi connectivity index (χ2v) is 9.29. The molecule has 0 radical (unpaired) electrons. The summed E-state index contributed by atoms with van der Waals surface area (Å²) in [6, 6.07) is 7.71. The van der Waals surface area contributed by atoms with Gasteiger partial charge in [0.2, 0.25) is 15.2 Å². The number of nitrogens with one attached hydrogen (secondary N) is 2. The van der Waals surface area contributed by atoms with E-state index >= 15 is 0 Å². The Morgan fingerprint density at radius 1 is 1.15 bits per heavy atom. The number of aliphatic imine (C=N–C) groups is 1. The van der Waals surface area contributed by atoms with E-state index in [-0.39, 0.29) is 0 Å². The van der Waals surface area contributed by atoms with Gasteiger partial charge in [-0.2, -0.15) is 13.2 Å². The molecule has 0 aliphatic carbocycles. The molecule has 0 fully saturated rings. The predicted molar refractivity (Wildman–Crippen MR) is 116 cm³/mol. The van der Waals surface area contributed by atoms with Gasteiger partial charge in [0.25, 0.3) is 0 Å². The van der Waals surface area contributed by atoms with E-state index in [2.05, 4.69) is 30.2 Å². The number of carboxylic acids is 1. The van der Waals surface area contributed by atoms with Crippen LogP contribution in [0.1, 0.15) is 11.1 Å². The third kappa shape index (κ3) is 6.95. The number of anilines is 3. The molecule has 0 saturated carbocycles. The number of benzene rings is 1. The van der Waals surface area contributed by atoms with Crippen LogP contribution in [0.5, 0.6) is 0 Å². The Morgan fingerprint density at radius 3 is 2.55 bits per heavy atom. The van der Waals surface area contributed by atoms with Gasteiger partial charge in [-0.05, 0) is 29.3 Å². The Morgan fingerprint density at radius 2 is 1.88 bits per heavy atom. The Labute approximate surface area is 189 Å². The quantitative estimate of drug-likeness (QED) is 0.484. The SMILES string of the molecule is CS(=O)(=O)Nc1cncc(-c2nnc(Nc3ccc4c(c3)C=NC4)s2)c1.O=C(O)C(F)(F)F. The molecule has 1 aliphatic heterocycles. The fourth-order valence-electron chi connectivity index (χ4n) is 2.52. The van der Waals surface area contributed by atoms with E-state index in [0.717, 1.165) is 24.1 Å². The number of halogens is 3. The standard InChI is InChI=1S/C16H14N6O2S2.C2HF3O2/c1-26(23,24)22-14-5-12(8-18-9-14)15-20-21-16(25-15)19-13-3-2-10-6-17-7-11(10)4-13;3-2(4,5)1(6)7/h2-5,7-9,22H,6H2,1H3,(H,19,21);(H,6,7). The van der Waals surface area contributed by atoms with Crippen molar-refractivity contribution in [1.29, 1.82) is 0 Å². The third-order valence-electron chi connectivity index (χ3n) is 3.85. The summed E-state index contributed by atoms with van der Waals surface area (Å²) in [6.07, 6.45) is 0.923. The fraction of sp³-hybridized carbons (Fsp3) is 0.167. The Bertz CT molecular complexity index is 1310. The van der Waals surface area contributed by atoms with Crippen LogP contribution in [0.25, 0.3) is 10.6 Å². The summed E-state index contributed by atoms with van der Waals surface area (Å²) in [6.45, 7) is 0.726. The van der Waals surface area contributed by atoms with Crippen LogP contribution in [0.3, 0.4) is 0 Å². The number of alkyl halides is 3. The van der Waals surface area contributed by atoms with Gasteiger partial charge in [0.05, 0.1) is 24.7 Å². The molecule has 0 saturated heterocycles. The van der Waals surface area contributed by atoms with Crippen LogP contribution < -0.4 is 10.0 Å². The molecule has 3 aromatic rings. The average Bonchev–Trinajstić information content (AvgIpc) is 3.36. The number of carbonyl (C=O) groups is 1. The molecular formula is C18H15F3N6O4S2. The second kappa shape index (κ2) is 9.50. The number of fused-ring (bicyclic) bond motifs is 1. The van der Waals surface area contributed by atoms with Crippen LogP contribution in [-0.2, 0) is 21.4 Å². The number of aromatic nitrogens is 3. The van der Waals surface area contributed by atoms with Crippen molar-refractivity contribution >= 4 is 50.1 Å². The normalized spacial score (nSPS) is 12.5. The van der Waals surface area contributed by atoms with Gasteiger partial charge in [0, 0.05) is 23.7 Å². The monoisotopic (exact) mass is 500 g/mol. The molecule has 4 rings (SSSR count). The first-order chi connectivity index (χ1) is 15.4. The molecule has 0 amide bonds. The lowest BCUT2D eigenvalue weighted by Crippen LogP contribution is -2.21. The van der Waals surface area contributed by atoms with Gasteiger partial charge in [-0.25, -0.2) is 13.2 Å². The van der Waals surface area contributed by atoms with Gasteiger partial charge in [0.15, 0.2) is 5.01 Å². The number of hydrogen-bond acceptors (Lipinski definition) is 9. The van der Waals surface area contributed by atoms with Crippen molar-refractivity contribution in [3.8, 4) is 10.6 Å². The highest BCUT2D eigenvalue weighted by Gasteiger charge is 2.38. The third-order valence-corrected chi connectivity index (χ3v) is 5.34. The molecule has 0 atom stereocenters. The number of aliphatic carboxylic acids is 1. The summed E-state index contributed by atoms with van der Waals surface area (Å²) in [5, 5.41) is 19.9. The average molecular weight is 500 g/mol. The highest BCUT2D eigenvalue weighted by atomic mass is 32.2. The summed E-state index contributed by atoms with van der Waals surface area (Å²) in [7, 11) is -3.36. The van der Waals surface area contributed by atoms with E-state index in [1.165, 1.54) is 23.1 Å². The van der Waals surface area contributed by atoms with Crippen molar-refractivity contribution < 1.29 is 31.5 Å². The topological polar surface area (TPSA) is 147 Å².